The van der Waals surface area contributed by atoms with Crippen molar-refractivity contribution in [1.29, 1.82) is 0 Å². The number of benzene rings is 3. The molecule has 4 atom stereocenters. The van der Waals surface area contributed by atoms with Crippen LogP contribution in [0.1, 0.15) is 22.3 Å². The first-order valence-corrected chi connectivity index (χ1v) is 13.1. The van der Waals surface area contributed by atoms with Crippen LogP contribution >= 0.6 is 0 Å². The average molecular weight is 521 g/mol. The molecule has 8 heteroatoms. The second-order valence-electron chi connectivity index (χ2n) is 10.8. The maximum absolute atomic E-state index is 14.2. The number of rotatable bonds is 4. The van der Waals surface area contributed by atoms with E-state index in [0.29, 0.717) is 23.5 Å². The zero-order valence-corrected chi connectivity index (χ0v) is 21.9. The van der Waals surface area contributed by atoms with Gasteiger partial charge in [-0.2, -0.15) is 0 Å². The van der Waals surface area contributed by atoms with Crippen molar-refractivity contribution in [3.63, 3.8) is 0 Å². The van der Waals surface area contributed by atoms with Gasteiger partial charge in [0.25, 0.3) is 0 Å². The Morgan fingerprint density at radius 2 is 1.74 bits per heavy atom. The van der Waals surface area contributed by atoms with E-state index in [9.17, 15) is 14.4 Å². The van der Waals surface area contributed by atoms with Crippen molar-refractivity contribution < 1.29 is 19.1 Å². The molecule has 3 aromatic carbocycles. The number of aryl methyl sites for hydroxylation is 2. The van der Waals surface area contributed by atoms with E-state index < -0.39 is 23.4 Å². The van der Waals surface area contributed by atoms with E-state index in [2.05, 4.69) is 15.6 Å². The van der Waals surface area contributed by atoms with E-state index >= 15 is 0 Å². The Morgan fingerprint density at radius 1 is 0.974 bits per heavy atom. The number of hydrogen-bond donors (Lipinski definition) is 3. The number of hydrogen-bond acceptors (Lipinski definition) is 5. The molecule has 2 fully saturated rings. The van der Waals surface area contributed by atoms with Crippen molar-refractivity contribution in [2.45, 2.75) is 31.8 Å². The summed E-state index contributed by atoms with van der Waals surface area (Å²) >= 11 is 0. The highest BCUT2D eigenvalue weighted by molar-refractivity contribution is 6.26. The van der Waals surface area contributed by atoms with Crippen LogP contribution < -0.4 is 20.3 Å². The Balaban J connectivity index is 1.38. The van der Waals surface area contributed by atoms with Crippen molar-refractivity contribution >= 4 is 40.0 Å². The van der Waals surface area contributed by atoms with Crippen molar-refractivity contribution in [2.75, 3.05) is 17.3 Å². The molecule has 4 aromatic rings. The Kier molecular flexibility index (Phi) is 5.03. The van der Waals surface area contributed by atoms with Gasteiger partial charge in [0, 0.05) is 34.4 Å². The molecule has 39 heavy (non-hydrogen) atoms. The summed E-state index contributed by atoms with van der Waals surface area (Å²) in [6.07, 6.45) is 2.43. The van der Waals surface area contributed by atoms with E-state index in [-0.39, 0.29) is 17.7 Å². The predicted molar refractivity (Wildman–Crippen MR) is 148 cm³/mol. The highest BCUT2D eigenvalue weighted by atomic mass is 16.5. The second kappa shape index (κ2) is 8.28. The lowest BCUT2D eigenvalue weighted by Crippen LogP contribution is -2.53. The van der Waals surface area contributed by atoms with Gasteiger partial charge in [-0.3, -0.25) is 19.7 Å². The molecule has 2 saturated heterocycles. The van der Waals surface area contributed by atoms with Gasteiger partial charge in [0.1, 0.15) is 11.3 Å². The van der Waals surface area contributed by atoms with Crippen LogP contribution in [-0.4, -0.2) is 35.9 Å². The molecule has 196 valence electrons. The number of anilines is 2. The van der Waals surface area contributed by atoms with Gasteiger partial charge in [-0.15, -0.1) is 0 Å². The minimum Gasteiger partial charge on any atom is -0.497 e. The number of para-hydroxylation sites is 1. The van der Waals surface area contributed by atoms with Gasteiger partial charge in [0.2, 0.25) is 17.7 Å². The molecule has 4 heterocycles. The molecule has 0 unspecified atom stereocenters. The molecule has 0 aliphatic carbocycles. The van der Waals surface area contributed by atoms with Crippen LogP contribution in [0.3, 0.4) is 0 Å². The number of aromatic nitrogens is 1. The van der Waals surface area contributed by atoms with Crippen LogP contribution in [0.4, 0.5) is 11.4 Å². The molecule has 0 bridgehead atoms. The van der Waals surface area contributed by atoms with Crippen LogP contribution in [0.2, 0.25) is 0 Å². The van der Waals surface area contributed by atoms with E-state index in [1.807, 2.05) is 56.4 Å². The van der Waals surface area contributed by atoms with E-state index in [1.54, 1.807) is 31.4 Å². The fourth-order valence-electron chi connectivity index (χ4n) is 6.96. The lowest BCUT2D eigenvalue weighted by atomic mass is 9.75. The van der Waals surface area contributed by atoms with Gasteiger partial charge in [-0.25, -0.2) is 4.90 Å². The summed E-state index contributed by atoms with van der Waals surface area (Å²) in [4.78, 5) is 46.9. The summed E-state index contributed by atoms with van der Waals surface area (Å²) in [6, 6.07) is 18.4. The summed E-state index contributed by atoms with van der Waals surface area (Å²) in [5, 5.41) is 7.67. The Bertz CT molecular complexity index is 1690. The van der Waals surface area contributed by atoms with Gasteiger partial charge in [-0.1, -0.05) is 35.9 Å². The van der Waals surface area contributed by atoms with E-state index in [1.165, 1.54) is 4.90 Å². The van der Waals surface area contributed by atoms with Gasteiger partial charge in [-0.05, 0) is 61.7 Å². The number of nitrogens with zero attached hydrogens (tertiary/aromatic N) is 1. The lowest BCUT2D eigenvalue weighted by molar-refractivity contribution is -0.130. The van der Waals surface area contributed by atoms with Crippen molar-refractivity contribution in [1.82, 2.24) is 10.3 Å². The largest absolute Gasteiger partial charge is 0.497 e. The van der Waals surface area contributed by atoms with Crippen LogP contribution in [0.25, 0.3) is 10.9 Å². The lowest BCUT2D eigenvalue weighted by Gasteiger charge is -2.30. The third-order valence-electron chi connectivity index (χ3n) is 8.61. The number of carbonyl (C=O) groups is 3. The minimum atomic E-state index is -1.35. The number of imide groups is 1. The molecule has 0 radical (unpaired) electrons. The highest BCUT2D eigenvalue weighted by Crippen LogP contribution is 2.54. The molecule has 8 nitrogen and oxygen atoms in total. The molecule has 1 aromatic heterocycles. The number of fused-ring (bicyclic) bond motifs is 5. The molecular formula is C31H28N4O4. The second-order valence-corrected chi connectivity index (χ2v) is 10.8. The van der Waals surface area contributed by atoms with Crippen molar-refractivity contribution in [3.05, 3.63) is 89.1 Å². The Labute approximate surface area is 225 Å². The molecule has 1 spiro atoms. The third-order valence-corrected chi connectivity index (χ3v) is 8.61. The molecule has 0 saturated carbocycles. The highest BCUT2D eigenvalue weighted by Gasteiger charge is 2.70. The summed E-state index contributed by atoms with van der Waals surface area (Å²) in [6.45, 7) is 3.93. The zero-order valence-electron chi connectivity index (χ0n) is 21.9. The summed E-state index contributed by atoms with van der Waals surface area (Å²) < 4.78 is 5.27. The first kappa shape index (κ1) is 23.7. The monoisotopic (exact) mass is 520 g/mol. The molecule has 3 aliphatic heterocycles. The fraction of sp³-hybridized carbons (Fsp3) is 0.258. The number of aromatic amines is 1. The van der Waals surface area contributed by atoms with Crippen molar-refractivity contribution in [3.8, 4) is 5.75 Å². The van der Waals surface area contributed by atoms with Gasteiger partial charge >= 0.3 is 0 Å². The smallest absolute Gasteiger partial charge is 0.250 e. The normalized spacial score (nSPS) is 25.5. The Morgan fingerprint density at radius 3 is 2.51 bits per heavy atom. The van der Waals surface area contributed by atoms with Gasteiger partial charge in [0.05, 0.1) is 24.6 Å². The van der Waals surface area contributed by atoms with Crippen LogP contribution in [0.15, 0.2) is 66.9 Å². The number of ether oxygens (including phenoxy) is 1. The summed E-state index contributed by atoms with van der Waals surface area (Å²) in [5.41, 5.74) is 4.53. The molecule has 3 aliphatic rings. The van der Waals surface area contributed by atoms with E-state index in [0.717, 1.165) is 33.2 Å². The first-order chi connectivity index (χ1) is 18.8. The maximum Gasteiger partial charge on any atom is 0.250 e. The van der Waals surface area contributed by atoms with Crippen LogP contribution in [0, 0.1) is 25.7 Å². The molecule has 3 N–H and O–H groups in total. The van der Waals surface area contributed by atoms with Crippen LogP contribution in [0.5, 0.6) is 5.75 Å². The Hall–Kier alpha value is -4.43. The topological polar surface area (TPSA) is 104 Å². The number of amides is 3. The number of carbonyl (C=O) groups excluding carboxylic acids is 3. The number of nitrogens with one attached hydrogen (secondary N) is 3. The zero-order chi connectivity index (χ0) is 27.1. The quantitative estimate of drug-likeness (QED) is 0.354. The number of methoxy groups -OCH3 is 1. The standard InChI is InChI=1S/C31H28N4O4/c1-16-12-17(2)27-22(13-16)31(30(38)33-27)26-25(24(34-31)14-18-15-32-23-7-5-4-6-21(18)23)28(36)35(29(26)37)19-8-10-20(39-3)11-9-19/h4-13,15,24-26,32,34H,14H2,1-3H3,(H,33,38)/t24-,25+,26-,31-/m0/s1. The number of H-pyrrole nitrogens is 1. The third kappa shape index (κ3) is 3.18. The fourth-order valence-corrected chi connectivity index (χ4v) is 6.96. The van der Waals surface area contributed by atoms with Gasteiger partial charge < -0.3 is 15.0 Å². The van der Waals surface area contributed by atoms with Crippen molar-refractivity contribution in [2.24, 2.45) is 11.8 Å². The predicted octanol–water partition coefficient (Wildman–Crippen LogP) is 3.96. The first-order valence-electron chi connectivity index (χ1n) is 13.1. The molecule has 3 amide bonds. The summed E-state index contributed by atoms with van der Waals surface area (Å²) in [7, 11) is 1.57. The SMILES string of the molecule is COc1ccc(N2C(=O)[C@@H]3[C@H](Cc4c[nH]c5ccccc45)N[C@]4(C(=O)Nc5c(C)cc(C)cc54)[C@@H]3C2=O)cc1. The molecular weight excluding hydrogens is 492 g/mol. The average Bonchev–Trinajstić information content (AvgIpc) is 3.64. The van der Waals surface area contributed by atoms with E-state index in [4.69, 9.17) is 4.74 Å². The maximum atomic E-state index is 14.2. The minimum absolute atomic E-state index is 0.291. The molecule has 7 rings (SSSR count). The van der Waals surface area contributed by atoms with Crippen LogP contribution in [-0.2, 0) is 26.3 Å². The summed E-state index contributed by atoms with van der Waals surface area (Å²) in [5.74, 6) is -1.93. The van der Waals surface area contributed by atoms with Gasteiger partial charge in [0.15, 0.2) is 0 Å².